The first-order chi connectivity index (χ1) is 9.08. The molecule has 0 aliphatic heterocycles. The first-order valence-corrected chi connectivity index (χ1v) is 6.67. The molecule has 1 heterocycles. The van der Waals surface area contributed by atoms with E-state index in [1.807, 2.05) is 12.1 Å². The van der Waals surface area contributed by atoms with Crippen LogP contribution in [0.4, 0.5) is 0 Å². The summed E-state index contributed by atoms with van der Waals surface area (Å²) in [6.07, 6.45) is 3.24. The molecular formula is C13H10BrClN2O2. The minimum absolute atomic E-state index is 0.349. The van der Waals surface area contributed by atoms with Gasteiger partial charge in [-0.05, 0) is 40.0 Å². The lowest BCUT2D eigenvalue weighted by atomic mass is 9.96. The van der Waals surface area contributed by atoms with Crippen LogP contribution in [0.2, 0.25) is 5.02 Å². The number of hydrogen-bond acceptors (Lipinski definition) is 3. The van der Waals surface area contributed by atoms with Crippen LogP contribution in [0.25, 0.3) is 0 Å². The van der Waals surface area contributed by atoms with E-state index in [4.69, 9.17) is 11.6 Å². The van der Waals surface area contributed by atoms with Crippen LogP contribution in [-0.4, -0.2) is 21.0 Å². The zero-order valence-electron chi connectivity index (χ0n) is 9.75. The van der Waals surface area contributed by atoms with Crippen molar-refractivity contribution in [3.05, 3.63) is 57.5 Å². The highest BCUT2D eigenvalue weighted by molar-refractivity contribution is 9.10. The molecule has 1 aromatic carbocycles. The van der Waals surface area contributed by atoms with E-state index in [1.165, 1.54) is 6.33 Å². The highest BCUT2D eigenvalue weighted by Gasteiger charge is 2.24. The fourth-order valence-electron chi connectivity index (χ4n) is 1.74. The van der Waals surface area contributed by atoms with Gasteiger partial charge in [-0.1, -0.05) is 23.7 Å². The average molecular weight is 342 g/mol. The first-order valence-electron chi connectivity index (χ1n) is 5.50. The Bertz CT molecular complexity index is 589. The van der Waals surface area contributed by atoms with E-state index in [0.29, 0.717) is 21.6 Å². The van der Waals surface area contributed by atoms with Gasteiger partial charge in [-0.25, -0.2) is 9.97 Å². The molecule has 19 heavy (non-hydrogen) atoms. The maximum Gasteiger partial charge on any atom is 0.312 e. The molecule has 0 saturated carbocycles. The van der Waals surface area contributed by atoms with Crippen molar-refractivity contribution in [2.45, 2.75) is 12.3 Å². The molecule has 0 aliphatic rings. The highest BCUT2D eigenvalue weighted by atomic mass is 79.9. The molecule has 1 N–H and O–H groups in total. The molecule has 0 spiro atoms. The Morgan fingerprint density at radius 2 is 2.05 bits per heavy atom. The lowest BCUT2D eigenvalue weighted by molar-refractivity contribution is -0.138. The van der Waals surface area contributed by atoms with Gasteiger partial charge >= 0.3 is 5.97 Å². The second-order valence-electron chi connectivity index (χ2n) is 3.98. The van der Waals surface area contributed by atoms with Gasteiger partial charge in [-0.15, -0.1) is 0 Å². The van der Waals surface area contributed by atoms with E-state index in [0.717, 1.165) is 5.56 Å². The zero-order chi connectivity index (χ0) is 13.8. The number of aromatic nitrogens is 2. The highest BCUT2D eigenvalue weighted by Crippen LogP contribution is 2.26. The Morgan fingerprint density at radius 1 is 1.37 bits per heavy atom. The van der Waals surface area contributed by atoms with Crippen LogP contribution in [0.15, 0.2) is 41.3 Å². The summed E-state index contributed by atoms with van der Waals surface area (Å²) in [5.74, 6) is -1.65. The summed E-state index contributed by atoms with van der Waals surface area (Å²) in [7, 11) is 0. The van der Waals surface area contributed by atoms with Crippen LogP contribution in [0.5, 0.6) is 0 Å². The lowest BCUT2D eigenvalue weighted by Crippen LogP contribution is -2.16. The van der Waals surface area contributed by atoms with Crippen LogP contribution in [-0.2, 0) is 11.2 Å². The zero-order valence-corrected chi connectivity index (χ0v) is 12.1. The van der Waals surface area contributed by atoms with Crippen molar-refractivity contribution >= 4 is 33.5 Å². The second kappa shape index (κ2) is 6.12. The second-order valence-corrected chi connectivity index (χ2v) is 5.27. The van der Waals surface area contributed by atoms with Crippen LogP contribution in [0.1, 0.15) is 17.2 Å². The Kier molecular flexibility index (Phi) is 4.50. The summed E-state index contributed by atoms with van der Waals surface area (Å²) < 4.78 is 0.594. The predicted octanol–water partition coefficient (Wildman–Crippen LogP) is 3.30. The Hall–Kier alpha value is -1.46. The standard InChI is InChI=1S/C13H10BrClN2O2/c14-11-6-16-7-17-12(11)10(13(18)19)5-8-1-3-9(15)4-2-8/h1-4,6-7,10H,5H2,(H,18,19). The molecule has 0 amide bonds. The van der Waals surface area contributed by atoms with Crippen molar-refractivity contribution in [1.82, 2.24) is 9.97 Å². The van der Waals surface area contributed by atoms with Gasteiger partial charge in [0.2, 0.25) is 0 Å². The number of nitrogens with zero attached hydrogens (tertiary/aromatic N) is 2. The number of carboxylic acid groups (broad SMARTS) is 1. The van der Waals surface area contributed by atoms with E-state index < -0.39 is 11.9 Å². The molecule has 0 radical (unpaired) electrons. The molecule has 98 valence electrons. The number of carbonyl (C=O) groups is 1. The minimum atomic E-state index is -0.922. The number of rotatable bonds is 4. The van der Waals surface area contributed by atoms with Gasteiger partial charge in [-0.3, -0.25) is 4.79 Å². The fraction of sp³-hybridized carbons (Fsp3) is 0.154. The molecule has 0 saturated heterocycles. The Balaban J connectivity index is 2.29. The molecule has 1 aromatic heterocycles. The van der Waals surface area contributed by atoms with Crippen molar-refractivity contribution < 1.29 is 9.90 Å². The quantitative estimate of drug-likeness (QED) is 0.927. The van der Waals surface area contributed by atoms with Crippen LogP contribution < -0.4 is 0 Å². The minimum Gasteiger partial charge on any atom is -0.481 e. The number of hydrogen-bond donors (Lipinski definition) is 1. The van der Waals surface area contributed by atoms with Gasteiger partial charge in [-0.2, -0.15) is 0 Å². The summed E-state index contributed by atoms with van der Waals surface area (Å²) in [5, 5.41) is 9.98. The largest absolute Gasteiger partial charge is 0.481 e. The third-order valence-electron chi connectivity index (χ3n) is 2.68. The Labute approximate surface area is 123 Å². The van der Waals surface area contributed by atoms with Crippen molar-refractivity contribution in [2.75, 3.05) is 0 Å². The number of benzene rings is 1. The third kappa shape index (κ3) is 3.52. The monoisotopic (exact) mass is 340 g/mol. The lowest BCUT2D eigenvalue weighted by Gasteiger charge is -2.13. The van der Waals surface area contributed by atoms with Crippen molar-refractivity contribution in [3.8, 4) is 0 Å². The molecule has 4 nitrogen and oxygen atoms in total. The number of carboxylic acids is 1. The SMILES string of the molecule is O=C(O)C(Cc1ccc(Cl)cc1)c1ncncc1Br. The summed E-state index contributed by atoms with van der Waals surface area (Å²) >= 11 is 9.09. The van der Waals surface area contributed by atoms with Gasteiger partial charge in [0.1, 0.15) is 12.2 Å². The number of halogens is 2. The fourth-order valence-corrected chi connectivity index (χ4v) is 2.36. The van der Waals surface area contributed by atoms with E-state index >= 15 is 0 Å². The average Bonchev–Trinajstić information content (AvgIpc) is 2.39. The molecule has 0 bridgehead atoms. The van der Waals surface area contributed by atoms with Gasteiger partial charge in [0.25, 0.3) is 0 Å². The van der Waals surface area contributed by atoms with Crippen LogP contribution in [0.3, 0.4) is 0 Å². The predicted molar refractivity (Wildman–Crippen MR) is 75.3 cm³/mol. The summed E-state index contributed by atoms with van der Waals surface area (Å²) in [6.45, 7) is 0. The Morgan fingerprint density at radius 3 is 2.63 bits per heavy atom. The molecule has 0 fully saturated rings. The van der Waals surface area contributed by atoms with E-state index in [9.17, 15) is 9.90 Å². The van der Waals surface area contributed by atoms with Gasteiger partial charge in [0, 0.05) is 11.2 Å². The van der Waals surface area contributed by atoms with Crippen molar-refractivity contribution in [3.63, 3.8) is 0 Å². The molecule has 0 aliphatic carbocycles. The molecular weight excluding hydrogens is 332 g/mol. The normalized spacial score (nSPS) is 12.1. The molecule has 1 unspecified atom stereocenters. The maximum atomic E-state index is 11.4. The smallest absolute Gasteiger partial charge is 0.312 e. The summed E-state index contributed by atoms with van der Waals surface area (Å²) in [4.78, 5) is 19.3. The number of aliphatic carboxylic acids is 1. The summed E-state index contributed by atoms with van der Waals surface area (Å²) in [6, 6.07) is 7.11. The van der Waals surface area contributed by atoms with E-state index in [-0.39, 0.29) is 0 Å². The van der Waals surface area contributed by atoms with Crippen LogP contribution >= 0.6 is 27.5 Å². The van der Waals surface area contributed by atoms with Crippen molar-refractivity contribution in [2.24, 2.45) is 0 Å². The van der Waals surface area contributed by atoms with Gasteiger partial charge < -0.3 is 5.11 Å². The first kappa shape index (κ1) is 14.0. The molecule has 1 atom stereocenters. The third-order valence-corrected chi connectivity index (χ3v) is 3.54. The molecule has 6 heteroatoms. The van der Waals surface area contributed by atoms with Gasteiger partial charge in [0.15, 0.2) is 0 Å². The van der Waals surface area contributed by atoms with Crippen LogP contribution in [0, 0.1) is 0 Å². The van der Waals surface area contributed by atoms with E-state index in [2.05, 4.69) is 25.9 Å². The van der Waals surface area contributed by atoms with Crippen molar-refractivity contribution in [1.29, 1.82) is 0 Å². The molecule has 2 aromatic rings. The molecule has 2 rings (SSSR count). The summed E-state index contributed by atoms with van der Waals surface area (Å²) in [5.41, 5.74) is 1.36. The van der Waals surface area contributed by atoms with Gasteiger partial charge in [0.05, 0.1) is 10.2 Å². The van der Waals surface area contributed by atoms with E-state index in [1.54, 1.807) is 18.3 Å². The maximum absolute atomic E-state index is 11.4. The topological polar surface area (TPSA) is 63.1 Å².